The van der Waals surface area contributed by atoms with Crippen LogP contribution in [-0.2, 0) is 0 Å². The van der Waals surface area contributed by atoms with Gasteiger partial charge in [-0.05, 0) is 49.2 Å². The molecule has 0 saturated heterocycles. The predicted octanol–water partition coefficient (Wildman–Crippen LogP) is 6.62. The number of halogens is 2. The summed E-state index contributed by atoms with van der Waals surface area (Å²) in [5.74, 6) is 0. The molecule has 3 aromatic carbocycles. The van der Waals surface area contributed by atoms with Crippen molar-refractivity contribution in [2.45, 2.75) is 55.2 Å². The molecule has 0 bridgehead atoms. The average Bonchev–Trinajstić information content (AvgIpc) is 2.92. The third-order valence-corrected chi connectivity index (χ3v) is 6.53. The van der Waals surface area contributed by atoms with Gasteiger partial charge in [-0.1, -0.05) is 134 Å². The molecule has 0 amide bonds. The molecule has 1 heterocycles. The van der Waals surface area contributed by atoms with Gasteiger partial charge in [0, 0.05) is 10.0 Å². The Bertz CT molecular complexity index is 1100. The minimum absolute atomic E-state index is 0.311. The summed E-state index contributed by atoms with van der Waals surface area (Å²) in [6.07, 6.45) is 4.43. The fourth-order valence-electron chi connectivity index (χ4n) is 4.47. The van der Waals surface area contributed by atoms with Gasteiger partial charge in [-0.3, -0.25) is 0 Å². The molecule has 0 saturated carbocycles. The maximum absolute atomic E-state index is 6.23. The first-order valence-corrected chi connectivity index (χ1v) is 12.5. The quantitative estimate of drug-likeness (QED) is 0.375. The first-order valence-electron chi connectivity index (χ1n) is 11.7. The van der Waals surface area contributed by atoms with Crippen LogP contribution in [0.5, 0.6) is 0 Å². The minimum Gasteiger partial charge on any atom is -0.0843 e. The van der Waals surface area contributed by atoms with E-state index in [0.717, 1.165) is 10.0 Å². The van der Waals surface area contributed by atoms with Crippen molar-refractivity contribution in [2.24, 2.45) is 0 Å². The highest BCUT2D eigenvalue weighted by atomic mass is 35.5. The SMILES string of the molecule is CB(c1ccc(Cl)cc1C)c1cc2c(cc1C)B(C)c1ccc(Cl)cc1C=C2.CC.CC. The minimum atomic E-state index is 0.311. The van der Waals surface area contributed by atoms with Gasteiger partial charge in [-0.2, -0.15) is 0 Å². The van der Waals surface area contributed by atoms with E-state index >= 15 is 0 Å². The van der Waals surface area contributed by atoms with Crippen LogP contribution >= 0.6 is 23.2 Å². The van der Waals surface area contributed by atoms with E-state index in [1.54, 1.807) is 0 Å². The summed E-state index contributed by atoms with van der Waals surface area (Å²) in [7, 11) is 0. The first-order chi connectivity index (χ1) is 15.3. The molecule has 0 radical (unpaired) electrons. The molecule has 166 valence electrons. The van der Waals surface area contributed by atoms with Gasteiger partial charge < -0.3 is 0 Å². The Morgan fingerprint density at radius 2 is 1.19 bits per heavy atom. The number of hydrogen-bond donors (Lipinski definition) is 0. The first kappa shape index (κ1) is 26.4. The zero-order valence-corrected chi connectivity index (χ0v) is 22.2. The third-order valence-electron chi connectivity index (χ3n) is 6.06. The lowest BCUT2D eigenvalue weighted by Crippen LogP contribution is -2.46. The Morgan fingerprint density at radius 3 is 1.81 bits per heavy atom. The van der Waals surface area contributed by atoms with E-state index < -0.39 is 0 Å². The standard InChI is InChI=1S/C24H22B2Cl2.2C2H6/c1-15-11-19(27)7-9-21(15)25(3)23-14-18-6-5-17-13-20(28)8-10-22(17)26(4)24(18)12-16(23)2;2*1-2/h5-14H,1-4H3;2*1-2H3. The van der Waals surface area contributed by atoms with Crippen LogP contribution in [-0.4, -0.2) is 13.4 Å². The fourth-order valence-corrected chi connectivity index (χ4v) is 4.88. The molecule has 1 aliphatic rings. The molecule has 1 aliphatic heterocycles. The number of aryl methyl sites for hydroxylation is 2. The topological polar surface area (TPSA) is 0 Å². The van der Waals surface area contributed by atoms with Crippen LogP contribution in [0.4, 0.5) is 0 Å². The van der Waals surface area contributed by atoms with Gasteiger partial charge in [0.05, 0.1) is 0 Å². The second-order valence-corrected chi connectivity index (χ2v) is 8.76. The number of fused-ring (bicyclic) bond motifs is 2. The van der Waals surface area contributed by atoms with Gasteiger partial charge in [0.2, 0.25) is 13.4 Å². The normalized spacial score (nSPS) is 11.2. The van der Waals surface area contributed by atoms with Crippen LogP contribution in [0, 0.1) is 13.8 Å². The molecule has 0 aromatic heterocycles. The van der Waals surface area contributed by atoms with Gasteiger partial charge in [0.15, 0.2) is 0 Å². The summed E-state index contributed by atoms with van der Waals surface area (Å²) < 4.78 is 0. The van der Waals surface area contributed by atoms with Gasteiger partial charge in [0.25, 0.3) is 0 Å². The molecule has 0 fully saturated rings. The average molecular weight is 463 g/mol. The van der Waals surface area contributed by atoms with Crippen LogP contribution in [0.2, 0.25) is 23.7 Å². The Morgan fingerprint density at radius 1 is 0.656 bits per heavy atom. The predicted molar refractivity (Wildman–Crippen MR) is 152 cm³/mol. The summed E-state index contributed by atoms with van der Waals surface area (Å²) in [5.41, 5.74) is 10.5. The van der Waals surface area contributed by atoms with E-state index in [1.165, 1.54) is 44.1 Å². The molecule has 4 rings (SSSR count). The lowest BCUT2D eigenvalue weighted by molar-refractivity contribution is 1.49. The molecule has 0 spiro atoms. The fraction of sp³-hybridized carbons (Fsp3) is 0.286. The van der Waals surface area contributed by atoms with Crippen LogP contribution in [0.3, 0.4) is 0 Å². The number of hydrogen-bond acceptors (Lipinski definition) is 0. The van der Waals surface area contributed by atoms with E-state index in [2.05, 4.69) is 76.0 Å². The zero-order chi connectivity index (χ0) is 24.0. The molecular weight excluding hydrogens is 429 g/mol. The maximum Gasteiger partial charge on any atom is 0.207 e. The van der Waals surface area contributed by atoms with Crippen LogP contribution in [0.15, 0.2) is 48.5 Å². The lowest BCUT2D eigenvalue weighted by atomic mass is 9.38. The molecule has 0 nitrogen and oxygen atoms in total. The van der Waals surface area contributed by atoms with E-state index in [1.807, 2.05) is 39.8 Å². The summed E-state index contributed by atoms with van der Waals surface area (Å²) in [5, 5.41) is 1.57. The molecule has 0 unspecified atom stereocenters. The molecule has 0 aliphatic carbocycles. The lowest BCUT2D eigenvalue weighted by Gasteiger charge is -2.20. The van der Waals surface area contributed by atoms with Crippen LogP contribution in [0.1, 0.15) is 49.9 Å². The summed E-state index contributed by atoms with van der Waals surface area (Å²) in [6.45, 7) is 17.6. The van der Waals surface area contributed by atoms with Gasteiger partial charge >= 0.3 is 0 Å². The van der Waals surface area contributed by atoms with Crippen molar-refractivity contribution in [1.82, 2.24) is 0 Å². The van der Waals surface area contributed by atoms with Gasteiger partial charge in [-0.15, -0.1) is 0 Å². The van der Waals surface area contributed by atoms with Crippen molar-refractivity contribution in [2.75, 3.05) is 0 Å². The van der Waals surface area contributed by atoms with Crippen molar-refractivity contribution in [3.63, 3.8) is 0 Å². The van der Waals surface area contributed by atoms with Crippen LogP contribution in [0.25, 0.3) is 12.2 Å². The van der Waals surface area contributed by atoms with Crippen molar-refractivity contribution < 1.29 is 0 Å². The molecule has 3 aromatic rings. The Kier molecular flexibility index (Phi) is 9.74. The highest BCUT2D eigenvalue weighted by molar-refractivity contribution is 6.87. The van der Waals surface area contributed by atoms with E-state index in [-0.39, 0.29) is 0 Å². The molecule has 0 atom stereocenters. The van der Waals surface area contributed by atoms with Crippen molar-refractivity contribution in [3.05, 3.63) is 80.8 Å². The Labute approximate surface area is 206 Å². The second-order valence-electron chi connectivity index (χ2n) is 7.89. The highest BCUT2D eigenvalue weighted by Crippen LogP contribution is 2.17. The smallest absolute Gasteiger partial charge is 0.0843 e. The van der Waals surface area contributed by atoms with Crippen molar-refractivity contribution >= 4 is 70.6 Å². The molecule has 4 heteroatoms. The zero-order valence-electron chi connectivity index (χ0n) is 20.7. The van der Waals surface area contributed by atoms with Crippen molar-refractivity contribution in [1.29, 1.82) is 0 Å². The molecular formula is C28H34B2Cl2. The Balaban J connectivity index is 0.000000860. The van der Waals surface area contributed by atoms with Crippen molar-refractivity contribution in [3.8, 4) is 0 Å². The van der Waals surface area contributed by atoms with Crippen LogP contribution < -0.4 is 21.9 Å². The number of rotatable bonds is 2. The third kappa shape index (κ3) is 5.53. The van der Waals surface area contributed by atoms with E-state index in [9.17, 15) is 0 Å². The highest BCUT2D eigenvalue weighted by Gasteiger charge is 2.24. The van der Waals surface area contributed by atoms with E-state index in [4.69, 9.17) is 23.2 Å². The van der Waals surface area contributed by atoms with E-state index in [0.29, 0.717) is 13.4 Å². The second kappa shape index (κ2) is 11.8. The molecule has 32 heavy (non-hydrogen) atoms. The molecule has 0 N–H and O–H groups in total. The largest absolute Gasteiger partial charge is 0.207 e. The van der Waals surface area contributed by atoms with Gasteiger partial charge in [0.1, 0.15) is 0 Å². The summed E-state index contributed by atoms with van der Waals surface area (Å²) >= 11 is 12.4. The summed E-state index contributed by atoms with van der Waals surface area (Å²) in [6, 6.07) is 17.1. The number of benzene rings is 3. The maximum atomic E-state index is 6.23. The van der Waals surface area contributed by atoms with Gasteiger partial charge in [-0.25, -0.2) is 0 Å². The summed E-state index contributed by atoms with van der Waals surface area (Å²) in [4.78, 5) is 0. The Hall–Kier alpha value is -1.89. The monoisotopic (exact) mass is 462 g/mol.